The van der Waals surface area contributed by atoms with E-state index in [4.69, 9.17) is 4.74 Å². The molecule has 2 saturated heterocycles. The molecule has 3 aliphatic rings. The zero-order valence-electron chi connectivity index (χ0n) is 16.6. The third kappa shape index (κ3) is 3.78. The molecule has 2 atom stereocenters. The van der Waals surface area contributed by atoms with E-state index in [-0.39, 0.29) is 12.1 Å². The maximum atomic E-state index is 13.1. The Morgan fingerprint density at radius 1 is 1.24 bits per heavy atom. The third-order valence-corrected chi connectivity index (χ3v) is 7.73. The standard InChI is InChI=1S/C22H27N3O3S/c26-18(20-16(8-9-23-20)15-4-2-1-3-5-15)12-14-6-7-17-19(13-14)29-21(24-17)25-10-11-28-22(25)27/h6-7,13,15-16,20,23H,1-5,8-12H2/t16-,20-/m0/s1. The summed E-state index contributed by atoms with van der Waals surface area (Å²) < 4.78 is 6.02. The molecule has 3 heterocycles. The summed E-state index contributed by atoms with van der Waals surface area (Å²) >= 11 is 1.48. The highest BCUT2D eigenvalue weighted by Crippen LogP contribution is 2.36. The molecule has 1 aromatic heterocycles. The van der Waals surface area contributed by atoms with Gasteiger partial charge in [0.15, 0.2) is 10.9 Å². The van der Waals surface area contributed by atoms with Gasteiger partial charge in [0, 0.05) is 6.42 Å². The van der Waals surface area contributed by atoms with Crippen LogP contribution in [0.5, 0.6) is 0 Å². The SMILES string of the molecule is O=C(Cc1ccc2nc(N3CCOC3=O)sc2c1)[C@H]1NCC[C@H]1C1CCCCC1. The van der Waals surface area contributed by atoms with Crippen molar-refractivity contribution in [2.75, 3.05) is 24.6 Å². The molecule has 1 amide bonds. The predicted octanol–water partition coefficient (Wildman–Crippen LogP) is 3.92. The lowest BCUT2D eigenvalue weighted by Crippen LogP contribution is -2.40. The molecule has 1 aromatic carbocycles. The molecule has 0 radical (unpaired) electrons. The topological polar surface area (TPSA) is 71.5 Å². The molecule has 1 saturated carbocycles. The van der Waals surface area contributed by atoms with E-state index in [0.29, 0.717) is 42.3 Å². The minimum Gasteiger partial charge on any atom is -0.447 e. The number of cyclic esters (lactones) is 1. The molecule has 6 nitrogen and oxygen atoms in total. The summed E-state index contributed by atoms with van der Waals surface area (Å²) in [4.78, 5) is 31.0. The molecule has 3 fully saturated rings. The fraction of sp³-hybridized carbons (Fsp3) is 0.591. The van der Waals surface area contributed by atoms with Gasteiger partial charge in [0.25, 0.3) is 0 Å². The Hall–Kier alpha value is -1.99. The average molecular weight is 414 g/mol. The molecular weight excluding hydrogens is 386 g/mol. The number of nitrogens with zero attached hydrogens (tertiary/aromatic N) is 2. The number of anilines is 1. The van der Waals surface area contributed by atoms with Gasteiger partial charge in [0.05, 0.1) is 22.8 Å². The molecule has 2 aromatic rings. The van der Waals surface area contributed by atoms with Crippen LogP contribution in [-0.4, -0.2) is 42.6 Å². The van der Waals surface area contributed by atoms with Crippen molar-refractivity contribution in [2.24, 2.45) is 11.8 Å². The summed E-state index contributed by atoms with van der Waals surface area (Å²) in [6.07, 6.45) is 7.80. The second-order valence-electron chi connectivity index (χ2n) is 8.49. The number of Topliss-reactive ketones (excluding diaryl/α,β-unsaturated/α-hetero) is 1. The number of carbonyl (C=O) groups is 2. The number of aromatic nitrogens is 1. The van der Waals surface area contributed by atoms with Crippen molar-refractivity contribution in [2.45, 2.75) is 51.0 Å². The van der Waals surface area contributed by atoms with Crippen LogP contribution in [0.3, 0.4) is 0 Å². The number of ether oxygens (including phenoxy) is 1. The predicted molar refractivity (Wildman–Crippen MR) is 113 cm³/mol. The molecule has 0 unspecified atom stereocenters. The highest BCUT2D eigenvalue weighted by Gasteiger charge is 2.37. The van der Waals surface area contributed by atoms with Crippen molar-refractivity contribution in [3.63, 3.8) is 0 Å². The summed E-state index contributed by atoms with van der Waals surface area (Å²) in [5, 5.41) is 4.16. The van der Waals surface area contributed by atoms with E-state index in [2.05, 4.69) is 16.4 Å². The quantitative estimate of drug-likeness (QED) is 0.804. The fourth-order valence-corrected chi connectivity index (χ4v) is 6.25. The Labute approximate surface area is 174 Å². The van der Waals surface area contributed by atoms with E-state index >= 15 is 0 Å². The van der Waals surface area contributed by atoms with Crippen LogP contribution in [-0.2, 0) is 16.0 Å². The van der Waals surface area contributed by atoms with Crippen LogP contribution in [0.1, 0.15) is 44.1 Å². The number of rotatable bonds is 5. The first-order valence-corrected chi connectivity index (χ1v) is 11.6. The largest absolute Gasteiger partial charge is 0.447 e. The van der Waals surface area contributed by atoms with E-state index in [1.807, 2.05) is 12.1 Å². The molecule has 0 spiro atoms. The first-order chi connectivity index (χ1) is 14.2. The Balaban J connectivity index is 1.30. The number of hydrogen-bond donors (Lipinski definition) is 1. The summed E-state index contributed by atoms with van der Waals surface area (Å²) in [5.74, 6) is 1.52. The van der Waals surface area contributed by atoms with E-state index in [0.717, 1.165) is 28.7 Å². The van der Waals surface area contributed by atoms with Crippen LogP contribution in [0.25, 0.3) is 10.2 Å². The monoisotopic (exact) mass is 413 g/mol. The Bertz CT molecular complexity index is 921. The molecule has 29 heavy (non-hydrogen) atoms. The molecule has 7 heteroatoms. The Morgan fingerprint density at radius 3 is 2.90 bits per heavy atom. The highest BCUT2D eigenvalue weighted by molar-refractivity contribution is 7.22. The van der Waals surface area contributed by atoms with Crippen LogP contribution < -0.4 is 10.2 Å². The second kappa shape index (κ2) is 8.03. The molecule has 154 valence electrons. The molecule has 0 bridgehead atoms. The third-order valence-electron chi connectivity index (χ3n) is 6.68. The van der Waals surface area contributed by atoms with Crippen molar-refractivity contribution in [3.05, 3.63) is 23.8 Å². The second-order valence-corrected chi connectivity index (χ2v) is 9.50. The van der Waals surface area contributed by atoms with E-state index in [9.17, 15) is 9.59 Å². The lowest BCUT2D eigenvalue weighted by atomic mass is 9.75. The van der Waals surface area contributed by atoms with Crippen molar-refractivity contribution in [3.8, 4) is 0 Å². The van der Waals surface area contributed by atoms with E-state index < -0.39 is 0 Å². The number of thiazole rings is 1. The minimum atomic E-state index is -0.333. The van der Waals surface area contributed by atoms with Gasteiger partial charge in [-0.2, -0.15) is 0 Å². The zero-order valence-corrected chi connectivity index (χ0v) is 17.4. The van der Waals surface area contributed by atoms with Crippen LogP contribution in [0, 0.1) is 11.8 Å². The van der Waals surface area contributed by atoms with E-state index in [1.54, 1.807) is 4.90 Å². The molecule has 1 aliphatic carbocycles. The van der Waals surface area contributed by atoms with Gasteiger partial charge in [-0.25, -0.2) is 14.7 Å². The van der Waals surface area contributed by atoms with Crippen LogP contribution in [0.2, 0.25) is 0 Å². The number of fused-ring (bicyclic) bond motifs is 1. The number of carbonyl (C=O) groups excluding carboxylic acids is 2. The van der Waals surface area contributed by atoms with Crippen molar-refractivity contribution >= 4 is 38.6 Å². The highest BCUT2D eigenvalue weighted by atomic mass is 32.1. The van der Waals surface area contributed by atoms with Crippen molar-refractivity contribution in [1.29, 1.82) is 0 Å². The summed E-state index contributed by atoms with van der Waals surface area (Å²) in [6.45, 7) is 1.91. The summed E-state index contributed by atoms with van der Waals surface area (Å²) in [5.41, 5.74) is 1.89. The molecular formula is C22H27N3O3S. The molecule has 2 aliphatic heterocycles. The van der Waals surface area contributed by atoms with Crippen molar-refractivity contribution < 1.29 is 14.3 Å². The van der Waals surface area contributed by atoms with Gasteiger partial charge in [0.2, 0.25) is 0 Å². The van der Waals surface area contributed by atoms with Crippen LogP contribution in [0.15, 0.2) is 18.2 Å². The van der Waals surface area contributed by atoms with Gasteiger partial charge in [-0.15, -0.1) is 0 Å². The van der Waals surface area contributed by atoms with E-state index in [1.165, 1.54) is 43.4 Å². The van der Waals surface area contributed by atoms with Crippen LogP contribution >= 0.6 is 11.3 Å². The minimum absolute atomic E-state index is 0.00480. The van der Waals surface area contributed by atoms with Gasteiger partial charge in [0.1, 0.15) is 6.61 Å². The number of nitrogens with one attached hydrogen (secondary N) is 1. The zero-order chi connectivity index (χ0) is 19.8. The smallest absolute Gasteiger partial charge is 0.416 e. The van der Waals surface area contributed by atoms with Gasteiger partial charge in [-0.1, -0.05) is 49.5 Å². The van der Waals surface area contributed by atoms with Gasteiger partial charge in [-0.3, -0.25) is 4.79 Å². The number of benzene rings is 1. The Morgan fingerprint density at radius 2 is 2.10 bits per heavy atom. The number of ketones is 1. The maximum Gasteiger partial charge on any atom is 0.416 e. The lowest BCUT2D eigenvalue weighted by molar-refractivity contribution is -0.121. The van der Waals surface area contributed by atoms with Gasteiger partial charge >= 0.3 is 6.09 Å². The first-order valence-electron chi connectivity index (χ1n) is 10.8. The van der Waals surface area contributed by atoms with Crippen molar-refractivity contribution in [1.82, 2.24) is 10.3 Å². The number of amides is 1. The van der Waals surface area contributed by atoms with Gasteiger partial charge < -0.3 is 10.1 Å². The average Bonchev–Trinajstić information content (AvgIpc) is 3.47. The van der Waals surface area contributed by atoms with Gasteiger partial charge in [-0.05, 0) is 42.5 Å². The summed E-state index contributed by atoms with van der Waals surface area (Å²) in [6, 6.07) is 6.02. The molecule has 1 N–H and O–H groups in total. The summed E-state index contributed by atoms with van der Waals surface area (Å²) in [7, 11) is 0. The lowest BCUT2D eigenvalue weighted by Gasteiger charge is -2.30. The molecule has 5 rings (SSSR count). The maximum absolute atomic E-state index is 13.1. The fourth-order valence-electron chi connectivity index (χ4n) is 5.21. The number of hydrogen-bond acceptors (Lipinski definition) is 6. The first kappa shape index (κ1) is 19.0. The van der Waals surface area contributed by atoms with Crippen LogP contribution in [0.4, 0.5) is 9.93 Å². The Kier molecular flexibility index (Phi) is 5.26. The normalized spacial score (nSPS) is 25.7.